The lowest BCUT2D eigenvalue weighted by molar-refractivity contribution is -0.176. The molecule has 0 bridgehead atoms. The van der Waals surface area contributed by atoms with Gasteiger partial charge in [0.25, 0.3) is 0 Å². The molecule has 1 N–H and O–H groups in total. The van der Waals surface area contributed by atoms with E-state index in [1.807, 2.05) is 6.92 Å². The molecule has 0 saturated heterocycles. The number of cyclic esters (lactones) is 1. The third-order valence-corrected chi connectivity index (χ3v) is 5.77. The summed E-state index contributed by atoms with van der Waals surface area (Å²) in [5.41, 5.74) is 0.680. The zero-order valence-corrected chi connectivity index (χ0v) is 12.2. The largest absolute Gasteiger partial charge is 0.426 e. The van der Waals surface area contributed by atoms with Crippen molar-refractivity contribution in [2.75, 3.05) is 0 Å². The number of carbonyl (C=O) groups is 1. The highest BCUT2D eigenvalue weighted by Crippen LogP contribution is 2.46. The molecule has 2 aliphatic rings. The average molecular weight is 324 g/mol. The molecule has 2 rings (SSSR count). The van der Waals surface area contributed by atoms with E-state index < -0.39 is 11.8 Å². The van der Waals surface area contributed by atoms with E-state index in [2.05, 4.69) is 15.9 Å². The van der Waals surface area contributed by atoms with Crippen molar-refractivity contribution in [2.24, 2.45) is 5.92 Å². The fourth-order valence-electron chi connectivity index (χ4n) is 2.55. The standard InChI is InChI=1S/C12H16BrClO3/c1-11(14)4-3-7(5-9(11)13)8-6-10(15)17-12(8,2)16/h6-7,9,16H,3-5H2,1-2H3/t7-,9-,11-,12+/m1/s1. The minimum Gasteiger partial charge on any atom is -0.426 e. The van der Waals surface area contributed by atoms with Gasteiger partial charge >= 0.3 is 5.97 Å². The number of halogens is 2. The topological polar surface area (TPSA) is 46.5 Å². The third kappa shape index (κ3) is 2.54. The summed E-state index contributed by atoms with van der Waals surface area (Å²) in [5, 5.41) is 10.0. The number of esters is 1. The van der Waals surface area contributed by atoms with E-state index in [1.54, 1.807) is 0 Å². The van der Waals surface area contributed by atoms with Gasteiger partial charge in [0.2, 0.25) is 5.79 Å². The Morgan fingerprint density at radius 2 is 2.24 bits per heavy atom. The molecule has 4 atom stereocenters. The fourth-order valence-corrected chi connectivity index (χ4v) is 3.43. The molecule has 17 heavy (non-hydrogen) atoms. The van der Waals surface area contributed by atoms with Gasteiger partial charge in [-0.2, -0.15) is 0 Å². The SMILES string of the molecule is C[C@]1(O)OC(=O)C=C1[C@@H]1CC[C@@](C)(Cl)[C@H](Br)C1. The summed E-state index contributed by atoms with van der Waals surface area (Å²) in [6, 6.07) is 0. The minimum absolute atomic E-state index is 0.146. The number of aliphatic hydroxyl groups is 1. The van der Waals surface area contributed by atoms with E-state index in [-0.39, 0.29) is 15.6 Å². The van der Waals surface area contributed by atoms with Gasteiger partial charge in [0.1, 0.15) is 0 Å². The average Bonchev–Trinajstić information content (AvgIpc) is 2.44. The second-order valence-corrected chi connectivity index (χ2v) is 7.19. The van der Waals surface area contributed by atoms with Crippen LogP contribution < -0.4 is 0 Å². The Balaban J connectivity index is 2.16. The highest BCUT2D eigenvalue weighted by atomic mass is 79.9. The van der Waals surface area contributed by atoms with Gasteiger partial charge in [0, 0.05) is 23.4 Å². The molecule has 0 amide bonds. The number of hydrogen-bond acceptors (Lipinski definition) is 3. The first kappa shape index (κ1) is 13.4. The molecule has 0 unspecified atom stereocenters. The maximum Gasteiger partial charge on any atom is 0.333 e. The highest BCUT2D eigenvalue weighted by Gasteiger charge is 2.45. The summed E-state index contributed by atoms with van der Waals surface area (Å²) in [6.45, 7) is 3.52. The molecule has 3 nitrogen and oxygen atoms in total. The predicted octanol–water partition coefficient (Wildman–Crippen LogP) is 2.74. The fraction of sp³-hybridized carbons (Fsp3) is 0.750. The zero-order valence-electron chi connectivity index (χ0n) is 9.87. The van der Waals surface area contributed by atoms with E-state index >= 15 is 0 Å². The van der Waals surface area contributed by atoms with Crippen LogP contribution in [0.15, 0.2) is 11.6 Å². The lowest BCUT2D eigenvalue weighted by Crippen LogP contribution is -2.40. The maximum absolute atomic E-state index is 11.2. The van der Waals surface area contributed by atoms with Crippen LogP contribution in [0.5, 0.6) is 0 Å². The van der Waals surface area contributed by atoms with Gasteiger partial charge in [-0.15, -0.1) is 11.6 Å². The minimum atomic E-state index is -1.45. The summed E-state index contributed by atoms with van der Waals surface area (Å²) in [7, 11) is 0. The zero-order chi connectivity index (χ0) is 12.8. The Morgan fingerprint density at radius 1 is 1.59 bits per heavy atom. The van der Waals surface area contributed by atoms with Crippen LogP contribution in [0.1, 0.15) is 33.1 Å². The molecule has 0 aromatic heterocycles. The van der Waals surface area contributed by atoms with Crippen molar-refractivity contribution in [3.8, 4) is 0 Å². The Morgan fingerprint density at radius 3 is 2.71 bits per heavy atom. The molecule has 0 radical (unpaired) electrons. The van der Waals surface area contributed by atoms with Crippen molar-refractivity contribution < 1.29 is 14.6 Å². The first-order valence-electron chi connectivity index (χ1n) is 5.73. The van der Waals surface area contributed by atoms with Gasteiger partial charge in [0.05, 0.1) is 4.87 Å². The molecule has 1 aliphatic heterocycles. The van der Waals surface area contributed by atoms with E-state index in [1.165, 1.54) is 13.0 Å². The van der Waals surface area contributed by atoms with Gasteiger partial charge in [-0.05, 0) is 32.1 Å². The molecule has 96 valence electrons. The van der Waals surface area contributed by atoms with Gasteiger partial charge in [-0.25, -0.2) is 4.79 Å². The summed E-state index contributed by atoms with van der Waals surface area (Å²) < 4.78 is 4.88. The molecule has 1 fully saturated rings. The van der Waals surface area contributed by atoms with E-state index in [0.717, 1.165) is 19.3 Å². The second kappa shape index (κ2) is 4.25. The lowest BCUT2D eigenvalue weighted by atomic mass is 9.77. The number of hydrogen-bond donors (Lipinski definition) is 1. The van der Waals surface area contributed by atoms with Crippen LogP contribution in [0.25, 0.3) is 0 Å². The Bertz CT molecular complexity index is 376. The molecule has 1 saturated carbocycles. The van der Waals surface area contributed by atoms with Crippen LogP contribution >= 0.6 is 27.5 Å². The van der Waals surface area contributed by atoms with Crippen molar-refractivity contribution >= 4 is 33.5 Å². The van der Waals surface area contributed by atoms with Gasteiger partial charge < -0.3 is 9.84 Å². The van der Waals surface area contributed by atoms with Crippen LogP contribution in [0, 0.1) is 5.92 Å². The van der Waals surface area contributed by atoms with Gasteiger partial charge in [0.15, 0.2) is 0 Å². The number of alkyl halides is 2. The third-order valence-electron chi connectivity index (χ3n) is 3.67. The Hall–Kier alpha value is -0.0600. The van der Waals surface area contributed by atoms with E-state index in [9.17, 15) is 9.90 Å². The second-order valence-electron chi connectivity index (χ2n) is 5.22. The first-order chi connectivity index (χ1) is 7.72. The quantitative estimate of drug-likeness (QED) is 0.596. The monoisotopic (exact) mass is 322 g/mol. The number of ether oxygens (including phenoxy) is 1. The summed E-state index contributed by atoms with van der Waals surface area (Å²) in [5.74, 6) is -1.77. The lowest BCUT2D eigenvalue weighted by Gasteiger charge is -2.39. The molecule has 0 aromatic carbocycles. The molecular formula is C12H16BrClO3. The van der Waals surface area contributed by atoms with Crippen molar-refractivity contribution in [1.29, 1.82) is 0 Å². The van der Waals surface area contributed by atoms with Crippen molar-refractivity contribution in [2.45, 2.75) is 48.6 Å². The predicted molar refractivity (Wildman–Crippen MR) is 69.1 cm³/mol. The normalized spacial score (nSPS) is 46.6. The van der Waals surface area contributed by atoms with E-state index in [4.69, 9.17) is 16.3 Å². The number of carbonyl (C=O) groups excluding carboxylic acids is 1. The van der Waals surface area contributed by atoms with Crippen LogP contribution in [0.4, 0.5) is 0 Å². The molecular weight excluding hydrogens is 307 g/mol. The maximum atomic E-state index is 11.2. The molecule has 0 spiro atoms. The molecule has 5 heteroatoms. The summed E-state index contributed by atoms with van der Waals surface area (Å²) in [4.78, 5) is 11.1. The number of rotatable bonds is 1. The van der Waals surface area contributed by atoms with Crippen LogP contribution in [0.2, 0.25) is 0 Å². The van der Waals surface area contributed by atoms with Crippen LogP contribution in [0.3, 0.4) is 0 Å². The van der Waals surface area contributed by atoms with Gasteiger partial charge in [-0.3, -0.25) is 0 Å². The van der Waals surface area contributed by atoms with Crippen LogP contribution in [-0.2, 0) is 9.53 Å². The van der Waals surface area contributed by atoms with Crippen molar-refractivity contribution in [3.05, 3.63) is 11.6 Å². The Labute approximate surface area is 114 Å². The molecule has 1 aliphatic carbocycles. The van der Waals surface area contributed by atoms with Crippen LogP contribution in [-0.4, -0.2) is 26.6 Å². The van der Waals surface area contributed by atoms with E-state index in [0.29, 0.717) is 5.57 Å². The summed E-state index contributed by atoms with van der Waals surface area (Å²) in [6.07, 6.45) is 3.93. The Kier molecular flexibility index (Phi) is 3.34. The highest BCUT2D eigenvalue weighted by molar-refractivity contribution is 9.09. The molecule has 0 aromatic rings. The summed E-state index contributed by atoms with van der Waals surface area (Å²) >= 11 is 9.95. The smallest absolute Gasteiger partial charge is 0.333 e. The van der Waals surface area contributed by atoms with Gasteiger partial charge in [-0.1, -0.05) is 15.9 Å². The molecule has 1 heterocycles. The van der Waals surface area contributed by atoms with Crippen molar-refractivity contribution in [3.63, 3.8) is 0 Å². The van der Waals surface area contributed by atoms with Crippen molar-refractivity contribution in [1.82, 2.24) is 0 Å². The first-order valence-corrected chi connectivity index (χ1v) is 7.02.